The second-order valence-corrected chi connectivity index (χ2v) is 3.79. The molecule has 1 saturated carbocycles. The maximum absolute atomic E-state index is 11.6. The number of carbonyl (C=O) groups is 1. The van der Waals surface area contributed by atoms with Crippen LogP contribution in [0.4, 0.5) is 0 Å². The molecule has 0 aromatic rings. The van der Waals surface area contributed by atoms with Crippen molar-refractivity contribution >= 4 is 5.91 Å². The SMILES string of the molecule is CN(C)C(=O)C1CCCCC1N. The number of hydrogen-bond acceptors (Lipinski definition) is 2. The highest BCUT2D eigenvalue weighted by atomic mass is 16.2. The van der Waals surface area contributed by atoms with Crippen LogP contribution in [0.5, 0.6) is 0 Å². The molecule has 1 rings (SSSR count). The summed E-state index contributed by atoms with van der Waals surface area (Å²) in [4.78, 5) is 13.2. The van der Waals surface area contributed by atoms with Crippen LogP contribution in [0.2, 0.25) is 0 Å². The fourth-order valence-corrected chi connectivity index (χ4v) is 1.80. The Labute approximate surface area is 73.9 Å². The van der Waals surface area contributed by atoms with Crippen LogP contribution in [0.25, 0.3) is 0 Å². The molecule has 2 unspecified atom stereocenters. The first-order chi connectivity index (χ1) is 5.63. The second-order valence-electron chi connectivity index (χ2n) is 3.79. The molecule has 0 aromatic heterocycles. The molecule has 0 spiro atoms. The monoisotopic (exact) mass is 170 g/mol. The maximum Gasteiger partial charge on any atom is 0.226 e. The summed E-state index contributed by atoms with van der Waals surface area (Å²) in [5.41, 5.74) is 5.87. The molecule has 0 saturated heterocycles. The largest absolute Gasteiger partial charge is 0.349 e. The van der Waals surface area contributed by atoms with E-state index in [0.29, 0.717) is 0 Å². The van der Waals surface area contributed by atoms with Gasteiger partial charge in [-0.3, -0.25) is 4.79 Å². The van der Waals surface area contributed by atoms with E-state index in [1.165, 1.54) is 6.42 Å². The average molecular weight is 170 g/mol. The Balaban J connectivity index is 2.53. The first-order valence-corrected chi connectivity index (χ1v) is 4.59. The van der Waals surface area contributed by atoms with Gasteiger partial charge in [0, 0.05) is 20.1 Å². The molecule has 2 N–H and O–H groups in total. The summed E-state index contributed by atoms with van der Waals surface area (Å²) >= 11 is 0. The Morgan fingerprint density at radius 1 is 1.33 bits per heavy atom. The van der Waals surface area contributed by atoms with Crippen molar-refractivity contribution in [3.8, 4) is 0 Å². The van der Waals surface area contributed by atoms with Gasteiger partial charge < -0.3 is 10.6 Å². The third kappa shape index (κ3) is 1.97. The van der Waals surface area contributed by atoms with Gasteiger partial charge in [0.1, 0.15) is 0 Å². The third-order valence-corrected chi connectivity index (χ3v) is 2.58. The molecule has 0 bridgehead atoms. The molecule has 0 heterocycles. The van der Waals surface area contributed by atoms with Crippen LogP contribution in [0, 0.1) is 5.92 Å². The van der Waals surface area contributed by atoms with Crippen LogP contribution >= 0.6 is 0 Å². The molecule has 0 radical (unpaired) electrons. The van der Waals surface area contributed by atoms with Crippen LogP contribution < -0.4 is 5.73 Å². The Morgan fingerprint density at radius 3 is 2.42 bits per heavy atom. The van der Waals surface area contributed by atoms with E-state index in [4.69, 9.17) is 5.73 Å². The lowest BCUT2D eigenvalue weighted by Crippen LogP contribution is -2.43. The van der Waals surface area contributed by atoms with E-state index in [1.54, 1.807) is 19.0 Å². The standard InChI is InChI=1S/C9H18N2O/c1-11(2)9(12)7-5-3-4-6-8(7)10/h7-8H,3-6,10H2,1-2H3. The molecular formula is C9H18N2O. The van der Waals surface area contributed by atoms with Crippen LogP contribution in [0.15, 0.2) is 0 Å². The van der Waals surface area contributed by atoms with Gasteiger partial charge in [-0.2, -0.15) is 0 Å². The predicted molar refractivity (Wildman–Crippen MR) is 48.6 cm³/mol. The Hall–Kier alpha value is -0.570. The zero-order valence-corrected chi connectivity index (χ0v) is 7.92. The first kappa shape index (κ1) is 9.52. The topological polar surface area (TPSA) is 46.3 Å². The Bertz CT molecular complexity index is 168. The summed E-state index contributed by atoms with van der Waals surface area (Å²) in [6.45, 7) is 0. The number of amides is 1. The van der Waals surface area contributed by atoms with Crippen LogP contribution in [0.3, 0.4) is 0 Å². The quantitative estimate of drug-likeness (QED) is 0.626. The van der Waals surface area contributed by atoms with E-state index >= 15 is 0 Å². The smallest absolute Gasteiger partial charge is 0.226 e. The molecule has 1 amide bonds. The summed E-state index contributed by atoms with van der Waals surface area (Å²) < 4.78 is 0. The molecule has 1 aliphatic rings. The lowest BCUT2D eigenvalue weighted by molar-refractivity contribution is -0.134. The van der Waals surface area contributed by atoms with E-state index in [-0.39, 0.29) is 17.9 Å². The van der Waals surface area contributed by atoms with Crippen molar-refractivity contribution in [2.24, 2.45) is 11.7 Å². The van der Waals surface area contributed by atoms with Crippen molar-refractivity contribution in [1.29, 1.82) is 0 Å². The molecular weight excluding hydrogens is 152 g/mol. The lowest BCUT2D eigenvalue weighted by atomic mass is 9.84. The van der Waals surface area contributed by atoms with Gasteiger partial charge in [0.05, 0.1) is 5.92 Å². The number of carbonyl (C=O) groups excluding carboxylic acids is 1. The van der Waals surface area contributed by atoms with Gasteiger partial charge in [0.2, 0.25) is 5.91 Å². The number of rotatable bonds is 1. The van der Waals surface area contributed by atoms with Gasteiger partial charge in [-0.25, -0.2) is 0 Å². The maximum atomic E-state index is 11.6. The lowest BCUT2D eigenvalue weighted by Gasteiger charge is -2.29. The molecule has 70 valence electrons. The molecule has 1 aliphatic carbocycles. The predicted octanol–water partition coefficient (Wildman–Crippen LogP) is 0.592. The fraction of sp³-hybridized carbons (Fsp3) is 0.889. The van der Waals surface area contributed by atoms with Gasteiger partial charge in [0.15, 0.2) is 0 Å². The van der Waals surface area contributed by atoms with E-state index in [0.717, 1.165) is 19.3 Å². The van der Waals surface area contributed by atoms with Gasteiger partial charge in [-0.05, 0) is 12.8 Å². The highest BCUT2D eigenvalue weighted by molar-refractivity contribution is 5.79. The van der Waals surface area contributed by atoms with Crippen molar-refractivity contribution in [3.05, 3.63) is 0 Å². The zero-order chi connectivity index (χ0) is 9.14. The van der Waals surface area contributed by atoms with E-state index in [2.05, 4.69) is 0 Å². The second kappa shape index (κ2) is 3.90. The van der Waals surface area contributed by atoms with Crippen molar-refractivity contribution in [2.75, 3.05) is 14.1 Å². The summed E-state index contributed by atoms with van der Waals surface area (Å²) in [5, 5.41) is 0. The van der Waals surface area contributed by atoms with Crippen LogP contribution in [-0.4, -0.2) is 30.9 Å². The summed E-state index contributed by atoms with van der Waals surface area (Å²) in [6, 6.07) is 0.0913. The number of nitrogens with two attached hydrogens (primary N) is 1. The first-order valence-electron chi connectivity index (χ1n) is 4.59. The average Bonchev–Trinajstić information content (AvgIpc) is 2.04. The fourth-order valence-electron chi connectivity index (χ4n) is 1.80. The van der Waals surface area contributed by atoms with Crippen molar-refractivity contribution < 1.29 is 4.79 Å². The highest BCUT2D eigenvalue weighted by Crippen LogP contribution is 2.23. The third-order valence-electron chi connectivity index (χ3n) is 2.58. The molecule has 3 nitrogen and oxygen atoms in total. The molecule has 3 heteroatoms. The van der Waals surface area contributed by atoms with Gasteiger partial charge in [0.25, 0.3) is 0 Å². The minimum atomic E-state index is 0.0775. The van der Waals surface area contributed by atoms with Gasteiger partial charge in [-0.15, -0.1) is 0 Å². The Kier molecular flexibility index (Phi) is 3.09. The van der Waals surface area contributed by atoms with Crippen LogP contribution in [0.1, 0.15) is 25.7 Å². The van der Waals surface area contributed by atoms with Gasteiger partial charge in [-0.1, -0.05) is 12.8 Å². The number of nitrogens with zero attached hydrogens (tertiary/aromatic N) is 1. The van der Waals surface area contributed by atoms with Gasteiger partial charge >= 0.3 is 0 Å². The van der Waals surface area contributed by atoms with Crippen molar-refractivity contribution in [3.63, 3.8) is 0 Å². The molecule has 2 atom stereocenters. The zero-order valence-electron chi connectivity index (χ0n) is 7.92. The summed E-state index contributed by atoms with van der Waals surface area (Å²) in [5.74, 6) is 0.274. The Morgan fingerprint density at radius 2 is 1.92 bits per heavy atom. The van der Waals surface area contributed by atoms with E-state index in [9.17, 15) is 4.79 Å². The van der Waals surface area contributed by atoms with Crippen LogP contribution in [-0.2, 0) is 4.79 Å². The minimum Gasteiger partial charge on any atom is -0.349 e. The highest BCUT2D eigenvalue weighted by Gasteiger charge is 2.28. The summed E-state index contributed by atoms with van der Waals surface area (Å²) in [6.07, 6.45) is 4.30. The number of hydrogen-bond donors (Lipinski definition) is 1. The summed E-state index contributed by atoms with van der Waals surface area (Å²) in [7, 11) is 3.59. The van der Waals surface area contributed by atoms with Crippen molar-refractivity contribution in [1.82, 2.24) is 4.90 Å². The van der Waals surface area contributed by atoms with Crippen molar-refractivity contribution in [2.45, 2.75) is 31.7 Å². The molecule has 0 aromatic carbocycles. The molecule has 12 heavy (non-hydrogen) atoms. The minimum absolute atomic E-state index is 0.0775. The normalized spacial score (nSPS) is 29.9. The molecule has 0 aliphatic heterocycles. The van der Waals surface area contributed by atoms with E-state index in [1.807, 2.05) is 0 Å². The van der Waals surface area contributed by atoms with E-state index < -0.39 is 0 Å². The molecule has 1 fully saturated rings.